The van der Waals surface area contributed by atoms with Crippen LogP contribution in [0.4, 0.5) is 0 Å². The lowest BCUT2D eigenvalue weighted by Gasteiger charge is -2.04. The minimum Gasteiger partial charge on any atom is -0.127 e. The highest BCUT2D eigenvalue weighted by atomic mass is 127. The number of hydrogen-bond acceptors (Lipinski definition) is 0. The second-order valence-electron chi connectivity index (χ2n) is 8.16. The van der Waals surface area contributed by atoms with E-state index in [-0.39, 0.29) is 0 Å². The highest BCUT2D eigenvalue weighted by Gasteiger charge is 1.95. The van der Waals surface area contributed by atoms with Crippen molar-refractivity contribution in [3.8, 4) is 0 Å². The Balaban J connectivity index is 2.95. The molecule has 0 atom stereocenters. The Bertz CT molecular complexity index is 208. The Kier molecular flexibility index (Phi) is 27.0. The van der Waals surface area contributed by atoms with Crippen molar-refractivity contribution >= 4 is 34.2 Å². The molecule has 0 unspecified atom stereocenters. The Morgan fingerprint density at radius 1 is 0.308 bits per heavy atom. The Morgan fingerprint density at radius 2 is 0.500 bits per heavy atom. The summed E-state index contributed by atoms with van der Waals surface area (Å²) in [5.41, 5.74) is 0. The number of halogens is 2. The van der Waals surface area contributed by atoms with E-state index >= 15 is 0 Å². The standard InChI is InChI=1S/C24H48ClI/c25-23-21-19-17-15-13-11-9-7-5-3-1-2-4-6-8-10-12-14-16-18-20-22-24-26/h1-24H2. The molecule has 0 bridgehead atoms. The van der Waals surface area contributed by atoms with Gasteiger partial charge in [-0.2, -0.15) is 0 Å². The average molecular weight is 499 g/mol. The monoisotopic (exact) mass is 498 g/mol. The summed E-state index contributed by atoms with van der Waals surface area (Å²) in [5, 5.41) is 0. The third-order valence-electron chi connectivity index (χ3n) is 5.52. The van der Waals surface area contributed by atoms with Gasteiger partial charge in [0.15, 0.2) is 0 Å². The van der Waals surface area contributed by atoms with E-state index in [9.17, 15) is 0 Å². The van der Waals surface area contributed by atoms with Crippen molar-refractivity contribution in [2.75, 3.05) is 10.3 Å². The zero-order valence-electron chi connectivity index (χ0n) is 17.7. The minimum atomic E-state index is 0.846. The number of hydrogen-bond donors (Lipinski definition) is 0. The highest BCUT2D eigenvalue weighted by molar-refractivity contribution is 14.1. The van der Waals surface area contributed by atoms with Crippen LogP contribution in [-0.4, -0.2) is 10.3 Å². The molecule has 0 radical (unpaired) electrons. The molecule has 0 nitrogen and oxygen atoms in total. The first-order valence-electron chi connectivity index (χ1n) is 12.0. The van der Waals surface area contributed by atoms with Gasteiger partial charge in [0, 0.05) is 5.88 Å². The van der Waals surface area contributed by atoms with Crippen LogP contribution in [0.5, 0.6) is 0 Å². The second kappa shape index (κ2) is 26.0. The summed E-state index contributed by atoms with van der Waals surface area (Å²) in [6.07, 6.45) is 31.9. The maximum absolute atomic E-state index is 5.70. The van der Waals surface area contributed by atoms with Gasteiger partial charge in [0.05, 0.1) is 0 Å². The Hall–Kier alpha value is 1.02. The van der Waals surface area contributed by atoms with Gasteiger partial charge in [0.1, 0.15) is 0 Å². The number of unbranched alkanes of at least 4 members (excludes halogenated alkanes) is 21. The van der Waals surface area contributed by atoms with Crippen LogP contribution in [0.25, 0.3) is 0 Å². The molecule has 0 fully saturated rings. The molecule has 0 amide bonds. The van der Waals surface area contributed by atoms with Crippen LogP contribution in [0.1, 0.15) is 141 Å². The maximum atomic E-state index is 5.70. The van der Waals surface area contributed by atoms with Crippen LogP contribution in [0.3, 0.4) is 0 Å². The molecule has 2 heteroatoms. The molecule has 0 aliphatic heterocycles. The van der Waals surface area contributed by atoms with Crippen LogP contribution < -0.4 is 0 Å². The Labute approximate surface area is 185 Å². The van der Waals surface area contributed by atoms with Crippen molar-refractivity contribution in [1.82, 2.24) is 0 Å². The van der Waals surface area contributed by atoms with Gasteiger partial charge in [-0.25, -0.2) is 0 Å². The molecule has 0 saturated carbocycles. The van der Waals surface area contributed by atoms with Gasteiger partial charge in [-0.15, -0.1) is 11.6 Å². The lowest BCUT2D eigenvalue weighted by Crippen LogP contribution is -1.84. The number of alkyl halides is 2. The summed E-state index contributed by atoms with van der Waals surface area (Å²) in [6.45, 7) is 0. The minimum absolute atomic E-state index is 0.846. The second-order valence-corrected chi connectivity index (χ2v) is 9.61. The summed E-state index contributed by atoms with van der Waals surface area (Å²) in [6, 6.07) is 0. The maximum Gasteiger partial charge on any atom is 0.0223 e. The first kappa shape index (κ1) is 27.0. The third-order valence-corrected chi connectivity index (χ3v) is 6.55. The summed E-state index contributed by atoms with van der Waals surface area (Å²) in [5.74, 6) is 0.846. The van der Waals surface area contributed by atoms with Gasteiger partial charge < -0.3 is 0 Å². The predicted octanol–water partition coefficient (Wildman–Crippen LogP) is 10.2. The normalized spacial score (nSPS) is 11.3. The lowest BCUT2D eigenvalue weighted by atomic mass is 10.0. The lowest BCUT2D eigenvalue weighted by molar-refractivity contribution is 0.520. The molecule has 0 aromatic rings. The van der Waals surface area contributed by atoms with Crippen molar-refractivity contribution in [2.24, 2.45) is 0 Å². The largest absolute Gasteiger partial charge is 0.127 e. The summed E-state index contributed by atoms with van der Waals surface area (Å²) in [7, 11) is 0. The fourth-order valence-corrected chi connectivity index (χ4v) is 4.45. The molecule has 0 spiro atoms. The molecule has 0 aliphatic carbocycles. The first-order valence-corrected chi connectivity index (χ1v) is 14.1. The smallest absolute Gasteiger partial charge is 0.0223 e. The van der Waals surface area contributed by atoms with E-state index < -0.39 is 0 Å². The summed E-state index contributed by atoms with van der Waals surface area (Å²) >= 11 is 8.19. The molecule has 0 rings (SSSR count). The summed E-state index contributed by atoms with van der Waals surface area (Å²) in [4.78, 5) is 0. The van der Waals surface area contributed by atoms with Crippen LogP contribution in [-0.2, 0) is 0 Å². The molecular weight excluding hydrogens is 451 g/mol. The quantitative estimate of drug-likeness (QED) is 0.0746. The zero-order valence-corrected chi connectivity index (χ0v) is 20.6. The van der Waals surface area contributed by atoms with Crippen LogP contribution in [0, 0.1) is 0 Å². The first-order chi connectivity index (χ1) is 12.9. The molecule has 26 heavy (non-hydrogen) atoms. The SMILES string of the molecule is ClCCCCCCCCCCCCCCCCCCCCCCCCI. The topological polar surface area (TPSA) is 0 Å². The van der Waals surface area contributed by atoms with E-state index in [1.165, 1.54) is 146 Å². The predicted molar refractivity (Wildman–Crippen MR) is 131 cm³/mol. The van der Waals surface area contributed by atoms with Gasteiger partial charge >= 0.3 is 0 Å². The van der Waals surface area contributed by atoms with E-state index in [1.807, 2.05) is 0 Å². The molecule has 0 saturated heterocycles. The molecule has 158 valence electrons. The van der Waals surface area contributed by atoms with Crippen molar-refractivity contribution in [1.29, 1.82) is 0 Å². The number of rotatable bonds is 23. The van der Waals surface area contributed by atoms with Gasteiger partial charge in [0.2, 0.25) is 0 Å². The van der Waals surface area contributed by atoms with Crippen LogP contribution in [0.2, 0.25) is 0 Å². The van der Waals surface area contributed by atoms with Crippen molar-refractivity contribution in [3.63, 3.8) is 0 Å². The van der Waals surface area contributed by atoms with Crippen LogP contribution >= 0.6 is 34.2 Å². The highest BCUT2D eigenvalue weighted by Crippen LogP contribution is 2.15. The molecule has 0 aromatic heterocycles. The van der Waals surface area contributed by atoms with Gasteiger partial charge in [-0.05, 0) is 17.3 Å². The van der Waals surface area contributed by atoms with Gasteiger partial charge in [0.25, 0.3) is 0 Å². The Morgan fingerprint density at radius 3 is 0.692 bits per heavy atom. The van der Waals surface area contributed by atoms with E-state index in [2.05, 4.69) is 22.6 Å². The fraction of sp³-hybridized carbons (Fsp3) is 1.00. The summed E-state index contributed by atoms with van der Waals surface area (Å²) < 4.78 is 1.34. The van der Waals surface area contributed by atoms with E-state index in [0.717, 1.165) is 5.88 Å². The fourth-order valence-electron chi connectivity index (χ4n) is 3.72. The van der Waals surface area contributed by atoms with Crippen molar-refractivity contribution in [2.45, 2.75) is 141 Å². The molecule has 0 aromatic carbocycles. The van der Waals surface area contributed by atoms with Crippen molar-refractivity contribution < 1.29 is 0 Å². The van der Waals surface area contributed by atoms with E-state index in [0.29, 0.717) is 0 Å². The third kappa shape index (κ3) is 25.0. The van der Waals surface area contributed by atoms with E-state index in [4.69, 9.17) is 11.6 Å². The van der Waals surface area contributed by atoms with Crippen molar-refractivity contribution in [3.05, 3.63) is 0 Å². The molecular formula is C24H48ClI. The van der Waals surface area contributed by atoms with E-state index in [1.54, 1.807) is 0 Å². The molecule has 0 heterocycles. The van der Waals surface area contributed by atoms with Gasteiger partial charge in [-0.1, -0.05) is 151 Å². The molecule has 0 aliphatic rings. The average Bonchev–Trinajstić information content (AvgIpc) is 2.66. The molecule has 0 N–H and O–H groups in total. The zero-order chi connectivity index (χ0) is 19.0. The van der Waals surface area contributed by atoms with Gasteiger partial charge in [-0.3, -0.25) is 0 Å². The van der Waals surface area contributed by atoms with Crippen LogP contribution in [0.15, 0.2) is 0 Å².